The molecule has 0 atom stereocenters. The number of benzene rings is 2. The Hall–Kier alpha value is -4.05. The van der Waals surface area contributed by atoms with Crippen molar-refractivity contribution in [3.05, 3.63) is 120 Å². The summed E-state index contributed by atoms with van der Waals surface area (Å²) in [4.78, 5) is 21.9. The fraction of sp³-hybridized carbons (Fsp3) is 0.241. The second kappa shape index (κ2) is 11.8. The van der Waals surface area contributed by atoms with Crippen molar-refractivity contribution in [1.82, 2.24) is 14.8 Å². The van der Waals surface area contributed by atoms with E-state index in [1.54, 1.807) is 37.3 Å². The molecule has 1 saturated heterocycles. The first-order valence-electron chi connectivity index (χ1n) is 12.3. The Kier molecular flexibility index (Phi) is 8.44. The number of carbonyl (C=O) groups excluding carboxylic acids is 1. The van der Waals surface area contributed by atoms with Gasteiger partial charge in [-0.3, -0.25) is 4.90 Å². The van der Waals surface area contributed by atoms with Crippen LogP contribution in [0.3, 0.4) is 0 Å². The predicted octanol–water partition coefficient (Wildman–Crippen LogP) is 6.80. The molecule has 0 aliphatic carbocycles. The predicted molar refractivity (Wildman–Crippen MR) is 139 cm³/mol. The number of pyridine rings is 1. The van der Waals surface area contributed by atoms with Crippen molar-refractivity contribution in [2.75, 3.05) is 31.1 Å². The van der Waals surface area contributed by atoms with Gasteiger partial charge in [-0.2, -0.15) is 13.2 Å². The SMILES string of the molecule is C=C(/C=C\C)N(C(=O)N1CCN(C(c2ccc(F)cc2)c2ccc(F)cc2)CC1)c1ncccc1C(F)(F)F. The Bertz CT molecular complexity index is 1290. The van der Waals surface area contributed by atoms with Crippen molar-refractivity contribution in [2.24, 2.45) is 0 Å². The van der Waals surface area contributed by atoms with E-state index >= 15 is 0 Å². The zero-order valence-electron chi connectivity index (χ0n) is 21.2. The summed E-state index contributed by atoms with van der Waals surface area (Å²) in [5.41, 5.74) is 0.573. The molecule has 2 aromatic carbocycles. The average Bonchev–Trinajstić information content (AvgIpc) is 2.91. The maximum Gasteiger partial charge on any atom is 0.419 e. The van der Waals surface area contributed by atoms with E-state index < -0.39 is 23.6 Å². The van der Waals surface area contributed by atoms with Crippen LogP contribution in [0.2, 0.25) is 0 Å². The lowest BCUT2D eigenvalue weighted by Crippen LogP contribution is -2.53. The molecular weight excluding hydrogens is 515 g/mol. The zero-order chi connectivity index (χ0) is 28.2. The number of alkyl halides is 3. The first-order valence-corrected chi connectivity index (χ1v) is 12.3. The smallest absolute Gasteiger partial charge is 0.321 e. The van der Waals surface area contributed by atoms with Gasteiger partial charge in [0.05, 0.1) is 11.6 Å². The molecule has 1 aliphatic heterocycles. The molecule has 39 heavy (non-hydrogen) atoms. The van der Waals surface area contributed by atoms with Crippen molar-refractivity contribution in [2.45, 2.75) is 19.1 Å². The molecule has 0 saturated carbocycles. The maximum absolute atomic E-state index is 13.8. The minimum Gasteiger partial charge on any atom is -0.321 e. The van der Waals surface area contributed by atoms with E-state index in [-0.39, 0.29) is 36.5 Å². The fourth-order valence-corrected chi connectivity index (χ4v) is 4.63. The molecule has 0 bridgehead atoms. The number of hydrogen-bond acceptors (Lipinski definition) is 3. The molecular formula is C29H27F5N4O. The summed E-state index contributed by atoms with van der Waals surface area (Å²) < 4.78 is 68.6. The summed E-state index contributed by atoms with van der Waals surface area (Å²) in [7, 11) is 0. The normalized spacial score (nSPS) is 14.7. The lowest BCUT2D eigenvalue weighted by atomic mass is 9.96. The number of carbonyl (C=O) groups is 1. The lowest BCUT2D eigenvalue weighted by Gasteiger charge is -2.41. The number of aromatic nitrogens is 1. The van der Waals surface area contributed by atoms with Crippen molar-refractivity contribution < 1.29 is 26.7 Å². The molecule has 0 radical (unpaired) electrons. The van der Waals surface area contributed by atoms with Crippen LogP contribution in [0.25, 0.3) is 0 Å². The van der Waals surface area contributed by atoms with Gasteiger partial charge in [-0.15, -0.1) is 0 Å². The molecule has 2 heterocycles. The molecule has 0 spiro atoms. The van der Waals surface area contributed by atoms with E-state index in [0.29, 0.717) is 13.1 Å². The topological polar surface area (TPSA) is 39.7 Å². The molecule has 1 fully saturated rings. The van der Waals surface area contributed by atoms with Gasteiger partial charge in [-0.05, 0) is 60.5 Å². The Labute approximate surface area is 223 Å². The molecule has 1 aromatic heterocycles. The van der Waals surface area contributed by atoms with Crippen LogP contribution >= 0.6 is 0 Å². The van der Waals surface area contributed by atoms with Crippen molar-refractivity contribution in [3.8, 4) is 0 Å². The molecule has 2 amide bonds. The number of amides is 2. The second-order valence-corrected chi connectivity index (χ2v) is 9.01. The third kappa shape index (κ3) is 6.34. The highest BCUT2D eigenvalue weighted by Crippen LogP contribution is 2.37. The molecule has 10 heteroatoms. The van der Waals surface area contributed by atoms with Gasteiger partial charge in [0.1, 0.15) is 11.6 Å². The lowest BCUT2D eigenvalue weighted by molar-refractivity contribution is -0.137. The first-order chi connectivity index (χ1) is 18.6. The number of piperazine rings is 1. The molecule has 204 valence electrons. The van der Waals surface area contributed by atoms with Gasteiger partial charge in [-0.25, -0.2) is 23.5 Å². The third-order valence-corrected chi connectivity index (χ3v) is 6.46. The largest absolute Gasteiger partial charge is 0.419 e. The molecule has 5 nitrogen and oxygen atoms in total. The number of nitrogens with zero attached hydrogens (tertiary/aromatic N) is 4. The fourth-order valence-electron chi connectivity index (χ4n) is 4.63. The number of urea groups is 1. The van der Waals surface area contributed by atoms with E-state index in [0.717, 1.165) is 28.2 Å². The van der Waals surface area contributed by atoms with Gasteiger partial charge in [0.25, 0.3) is 0 Å². The summed E-state index contributed by atoms with van der Waals surface area (Å²) in [6.45, 7) is 6.61. The molecule has 4 rings (SSSR count). The number of hydrogen-bond donors (Lipinski definition) is 0. The van der Waals surface area contributed by atoms with E-state index in [4.69, 9.17) is 0 Å². The van der Waals surface area contributed by atoms with Crippen LogP contribution in [0.4, 0.5) is 32.6 Å². The Balaban J connectivity index is 1.60. The minimum atomic E-state index is -4.73. The highest BCUT2D eigenvalue weighted by Gasteiger charge is 2.39. The van der Waals surface area contributed by atoms with Gasteiger partial charge in [0.2, 0.25) is 0 Å². The van der Waals surface area contributed by atoms with Gasteiger partial charge < -0.3 is 4.90 Å². The molecule has 0 N–H and O–H groups in total. The Morgan fingerprint density at radius 1 is 0.949 bits per heavy atom. The third-order valence-electron chi connectivity index (χ3n) is 6.46. The number of anilines is 1. The van der Waals surface area contributed by atoms with Crippen LogP contribution in [0, 0.1) is 11.6 Å². The monoisotopic (exact) mass is 542 g/mol. The minimum absolute atomic E-state index is 0.0460. The van der Waals surface area contributed by atoms with Gasteiger partial charge in [0.15, 0.2) is 5.82 Å². The van der Waals surface area contributed by atoms with Crippen LogP contribution in [-0.2, 0) is 6.18 Å². The molecule has 3 aromatic rings. The number of halogens is 5. The van der Waals surface area contributed by atoms with Crippen molar-refractivity contribution in [3.63, 3.8) is 0 Å². The van der Waals surface area contributed by atoms with Crippen LogP contribution in [0.1, 0.15) is 29.7 Å². The number of allylic oxidation sites excluding steroid dienone is 2. The Morgan fingerprint density at radius 2 is 1.49 bits per heavy atom. The van der Waals surface area contributed by atoms with Crippen molar-refractivity contribution >= 4 is 11.8 Å². The standard InChI is InChI=1S/C29H27F5N4O/c1-3-5-20(2)38(27-25(29(32,33)34)6-4-15-35-27)28(39)37-18-16-36(17-19-37)26(21-7-11-23(30)12-8-21)22-9-13-24(31)14-10-22/h3-15,26H,2,16-19H2,1H3/b5-3-. The van der Waals surface area contributed by atoms with Gasteiger partial charge in [-0.1, -0.05) is 36.9 Å². The first kappa shape index (κ1) is 28.0. The summed E-state index contributed by atoms with van der Waals surface area (Å²) in [5.74, 6) is -1.32. The van der Waals surface area contributed by atoms with Crippen LogP contribution in [0.5, 0.6) is 0 Å². The second-order valence-electron chi connectivity index (χ2n) is 9.01. The van der Waals surface area contributed by atoms with Crippen molar-refractivity contribution in [1.29, 1.82) is 0 Å². The van der Waals surface area contributed by atoms with E-state index in [1.165, 1.54) is 41.4 Å². The highest BCUT2D eigenvalue weighted by atomic mass is 19.4. The summed E-state index contributed by atoms with van der Waals surface area (Å²) in [6, 6.07) is 13.0. The van der Waals surface area contributed by atoms with E-state index in [1.807, 2.05) is 0 Å². The zero-order valence-corrected chi connectivity index (χ0v) is 21.2. The summed E-state index contributed by atoms with van der Waals surface area (Å²) in [6.07, 6.45) is -0.509. The van der Waals surface area contributed by atoms with E-state index in [2.05, 4.69) is 16.5 Å². The maximum atomic E-state index is 13.8. The van der Waals surface area contributed by atoms with Crippen LogP contribution in [-0.4, -0.2) is 47.0 Å². The Morgan fingerprint density at radius 3 is 1.97 bits per heavy atom. The molecule has 1 aliphatic rings. The highest BCUT2D eigenvalue weighted by molar-refractivity contribution is 5.95. The van der Waals surface area contributed by atoms with Gasteiger partial charge >= 0.3 is 12.2 Å². The molecule has 0 unspecified atom stereocenters. The van der Waals surface area contributed by atoms with E-state index in [9.17, 15) is 26.7 Å². The van der Waals surface area contributed by atoms with Gasteiger partial charge in [0, 0.05) is 38.1 Å². The average molecular weight is 543 g/mol. The number of rotatable bonds is 6. The summed E-state index contributed by atoms with van der Waals surface area (Å²) in [5, 5.41) is 0. The van der Waals surface area contributed by atoms with Crippen LogP contribution in [0.15, 0.2) is 91.3 Å². The van der Waals surface area contributed by atoms with Crippen LogP contribution < -0.4 is 4.90 Å². The quantitative estimate of drug-likeness (QED) is 0.254. The summed E-state index contributed by atoms with van der Waals surface area (Å²) >= 11 is 0.